The number of rotatable bonds is 5. The minimum atomic E-state index is -0.252. The molecule has 2 N–H and O–H groups in total. The SMILES string of the molecule is CC(C)NC(=O)CCNc1ccc(F)cc1I. The van der Waals surface area contributed by atoms with E-state index in [0.717, 1.165) is 9.26 Å². The van der Waals surface area contributed by atoms with E-state index >= 15 is 0 Å². The Balaban J connectivity index is 2.38. The molecule has 0 radical (unpaired) electrons. The number of hydrogen-bond acceptors (Lipinski definition) is 2. The number of hydrogen-bond donors (Lipinski definition) is 2. The minimum absolute atomic E-state index is 0.0182. The van der Waals surface area contributed by atoms with E-state index in [1.165, 1.54) is 12.1 Å². The zero-order valence-electron chi connectivity index (χ0n) is 9.89. The molecular formula is C12H16FIN2O. The van der Waals surface area contributed by atoms with Crippen LogP contribution in [0.3, 0.4) is 0 Å². The average molecular weight is 350 g/mol. The zero-order valence-corrected chi connectivity index (χ0v) is 12.0. The molecule has 0 saturated heterocycles. The molecule has 94 valence electrons. The van der Waals surface area contributed by atoms with E-state index in [1.54, 1.807) is 6.07 Å². The molecule has 3 nitrogen and oxygen atoms in total. The van der Waals surface area contributed by atoms with Crippen LogP contribution in [0.2, 0.25) is 0 Å². The van der Waals surface area contributed by atoms with Crippen molar-refractivity contribution >= 4 is 34.2 Å². The molecule has 1 amide bonds. The van der Waals surface area contributed by atoms with Gasteiger partial charge in [0.05, 0.1) is 0 Å². The molecule has 1 aromatic carbocycles. The number of nitrogens with one attached hydrogen (secondary N) is 2. The molecule has 0 aliphatic rings. The van der Waals surface area contributed by atoms with E-state index in [2.05, 4.69) is 33.2 Å². The lowest BCUT2D eigenvalue weighted by Gasteiger charge is -2.10. The highest BCUT2D eigenvalue weighted by Crippen LogP contribution is 2.18. The fourth-order valence-corrected chi connectivity index (χ4v) is 2.01. The Kier molecular flexibility index (Phi) is 5.67. The lowest BCUT2D eigenvalue weighted by molar-refractivity contribution is -0.121. The molecule has 0 heterocycles. The predicted octanol–water partition coefficient (Wildman–Crippen LogP) is 2.76. The number of benzene rings is 1. The molecule has 0 aliphatic heterocycles. The van der Waals surface area contributed by atoms with Crippen LogP contribution < -0.4 is 10.6 Å². The van der Waals surface area contributed by atoms with Gasteiger partial charge in [-0.2, -0.15) is 0 Å². The Hall–Kier alpha value is -0.850. The first-order valence-corrected chi connectivity index (χ1v) is 6.55. The lowest BCUT2D eigenvalue weighted by atomic mass is 10.3. The maximum absolute atomic E-state index is 12.8. The summed E-state index contributed by atoms with van der Waals surface area (Å²) in [5, 5.41) is 5.92. The summed E-state index contributed by atoms with van der Waals surface area (Å²) in [6.07, 6.45) is 0.408. The smallest absolute Gasteiger partial charge is 0.221 e. The minimum Gasteiger partial charge on any atom is -0.384 e. The van der Waals surface area contributed by atoms with Gasteiger partial charge in [0, 0.05) is 28.3 Å². The van der Waals surface area contributed by atoms with Crippen LogP contribution in [0.1, 0.15) is 20.3 Å². The van der Waals surface area contributed by atoms with Crippen LogP contribution in [0.25, 0.3) is 0 Å². The van der Waals surface area contributed by atoms with Crippen molar-refractivity contribution in [2.45, 2.75) is 26.3 Å². The summed E-state index contributed by atoms with van der Waals surface area (Å²) in [6, 6.07) is 4.70. The summed E-state index contributed by atoms with van der Waals surface area (Å²) < 4.78 is 13.7. The third-order valence-corrected chi connectivity index (χ3v) is 2.94. The average Bonchev–Trinajstić information content (AvgIpc) is 2.20. The highest BCUT2D eigenvalue weighted by molar-refractivity contribution is 14.1. The second-order valence-electron chi connectivity index (χ2n) is 4.02. The maximum atomic E-state index is 12.8. The number of halogens is 2. The second-order valence-corrected chi connectivity index (χ2v) is 5.19. The molecule has 0 aromatic heterocycles. The van der Waals surface area contributed by atoms with Gasteiger partial charge in [0.25, 0.3) is 0 Å². The molecular weight excluding hydrogens is 334 g/mol. The second kappa shape index (κ2) is 6.78. The summed E-state index contributed by atoms with van der Waals surface area (Å²) in [5.41, 5.74) is 0.851. The third kappa shape index (κ3) is 5.34. The van der Waals surface area contributed by atoms with Crippen molar-refractivity contribution in [2.75, 3.05) is 11.9 Å². The summed E-state index contributed by atoms with van der Waals surface area (Å²) in [4.78, 5) is 11.4. The fraction of sp³-hybridized carbons (Fsp3) is 0.417. The van der Waals surface area contributed by atoms with Crippen molar-refractivity contribution in [1.82, 2.24) is 5.32 Å². The van der Waals surface area contributed by atoms with E-state index in [-0.39, 0.29) is 17.8 Å². The predicted molar refractivity (Wildman–Crippen MR) is 75.5 cm³/mol. The fourth-order valence-electron chi connectivity index (χ4n) is 1.34. The van der Waals surface area contributed by atoms with Gasteiger partial charge in [-0.3, -0.25) is 4.79 Å². The molecule has 0 atom stereocenters. The van der Waals surface area contributed by atoms with Gasteiger partial charge < -0.3 is 10.6 Å². The van der Waals surface area contributed by atoms with Gasteiger partial charge in [0.15, 0.2) is 0 Å². The van der Waals surface area contributed by atoms with Gasteiger partial charge in [0.2, 0.25) is 5.91 Å². The quantitative estimate of drug-likeness (QED) is 0.802. The van der Waals surface area contributed by atoms with Crippen LogP contribution in [0, 0.1) is 9.39 Å². The van der Waals surface area contributed by atoms with Crippen molar-refractivity contribution in [3.05, 3.63) is 27.6 Å². The van der Waals surface area contributed by atoms with E-state index in [4.69, 9.17) is 0 Å². The molecule has 0 saturated carbocycles. The Morgan fingerprint density at radius 2 is 2.18 bits per heavy atom. The van der Waals surface area contributed by atoms with E-state index in [1.807, 2.05) is 13.8 Å². The molecule has 0 spiro atoms. The molecule has 1 aromatic rings. The lowest BCUT2D eigenvalue weighted by Crippen LogP contribution is -2.31. The number of carbonyl (C=O) groups is 1. The number of amides is 1. The van der Waals surface area contributed by atoms with E-state index in [0.29, 0.717) is 13.0 Å². The van der Waals surface area contributed by atoms with E-state index < -0.39 is 0 Å². The highest BCUT2D eigenvalue weighted by Gasteiger charge is 2.04. The number of anilines is 1. The molecule has 1 rings (SSSR count). The molecule has 0 bridgehead atoms. The van der Waals surface area contributed by atoms with Crippen LogP contribution in [-0.2, 0) is 4.79 Å². The Morgan fingerprint density at radius 3 is 2.76 bits per heavy atom. The van der Waals surface area contributed by atoms with Crippen LogP contribution in [0.5, 0.6) is 0 Å². The highest BCUT2D eigenvalue weighted by atomic mass is 127. The van der Waals surface area contributed by atoms with Gasteiger partial charge >= 0.3 is 0 Å². The van der Waals surface area contributed by atoms with Gasteiger partial charge in [-0.05, 0) is 54.6 Å². The topological polar surface area (TPSA) is 41.1 Å². The summed E-state index contributed by atoms with van der Waals surface area (Å²) >= 11 is 2.06. The Bertz CT molecular complexity index is 396. The summed E-state index contributed by atoms with van der Waals surface area (Å²) in [5.74, 6) is -0.234. The van der Waals surface area contributed by atoms with Gasteiger partial charge in [-0.25, -0.2) is 4.39 Å². The van der Waals surface area contributed by atoms with Crippen molar-refractivity contribution in [3.63, 3.8) is 0 Å². The van der Waals surface area contributed by atoms with Crippen molar-refractivity contribution < 1.29 is 9.18 Å². The van der Waals surface area contributed by atoms with Crippen molar-refractivity contribution in [2.24, 2.45) is 0 Å². The van der Waals surface area contributed by atoms with Gasteiger partial charge in [-0.15, -0.1) is 0 Å². The molecule has 0 unspecified atom stereocenters. The first-order valence-electron chi connectivity index (χ1n) is 5.47. The molecule has 17 heavy (non-hydrogen) atoms. The zero-order chi connectivity index (χ0) is 12.8. The van der Waals surface area contributed by atoms with Crippen LogP contribution >= 0.6 is 22.6 Å². The van der Waals surface area contributed by atoms with Crippen molar-refractivity contribution in [3.8, 4) is 0 Å². The number of carbonyl (C=O) groups excluding carboxylic acids is 1. The Morgan fingerprint density at radius 1 is 1.47 bits per heavy atom. The first-order chi connectivity index (χ1) is 7.99. The van der Waals surface area contributed by atoms with Gasteiger partial charge in [0.1, 0.15) is 5.82 Å². The summed E-state index contributed by atoms with van der Waals surface area (Å²) in [7, 11) is 0. The maximum Gasteiger partial charge on any atom is 0.221 e. The molecule has 5 heteroatoms. The van der Waals surface area contributed by atoms with Crippen LogP contribution in [-0.4, -0.2) is 18.5 Å². The van der Waals surface area contributed by atoms with E-state index in [9.17, 15) is 9.18 Å². The Labute approximate surface area is 114 Å². The standard InChI is InChI=1S/C12H16FIN2O/c1-8(2)16-12(17)5-6-15-11-4-3-9(13)7-10(11)14/h3-4,7-8,15H,5-6H2,1-2H3,(H,16,17). The van der Waals surface area contributed by atoms with Crippen LogP contribution in [0.15, 0.2) is 18.2 Å². The summed E-state index contributed by atoms with van der Waals surface area (Å²) in [6.45, 7) is 4.39. The molecule has 0 fully saturated rings. The largest absolute Gasteiger partial charge is 0.384 e. The first kappa shape index (κ1) is 14.2. The monoisotopic (exact) mass is 350 g/mol. The normalized spacial score (nSPS) is 10.4. The third-order valence-electron chi connectivity index (χ3n) is 2.05. The van der Waals surface area contributed by atoms with Crippen LogP contribution in [0.4, 0.5) is 10.1 Å². The van der Waals surface area contributed by atoms with Crippen molar-refractivity contribution in [1.29, 1.82) is 0 Å². The van der Waals surface area contributed by atoms with Gasteiger partial charge in [-0.1, -0.05) is 0 Å². The molecule has 0 aliphatic carbocycles.